The third kappa shape index (κ3) is 20.4. The number of rotatable bonds is 19. The number of aromatic nitrogens is 3. The van der Waals surface area contributed by atoms with Crippen LogP contribution in [0.4, 0.5) is 34.6 Å². The summed E-state index contributed by atoms with van der Waals surface area (Å²) in [6.07, 6.45) is 9.12. The first-order valence-electron chi connectivity index (χ1n) is 41.0. The van der Waals surface area contributed by atoms with Crippen molar-refractivity contribution in [1.82, 2.24) is 60.3 Å². The van der Waals surface area contributed by atoms with Crippen molar-refractivity contribution >= 4 is 34.8 Å². The lowest BCUT2D eigenvalue weighted by Crippen LogP contribution is -2.63. The highest BCUT2D eigenvalue weighted by Gasteiger charge is 2.46. The van der Waals surface area contributed by atoms with Gasteiger partial charge < -0.3 is 40.1 Å². The van der Waals surface area contributed by atoms with Crippen molar-refractivity contribution in [3.05, 3.63) is 178 Å². The molecule has 3 amide bonds. The number of hydrogen-bond acceptors (Lipinski definition) is 18. The predicted molar refractivity (Wildman–Crippen MR) is 434 cm³/mol. The zero-order valence-electron chi connectivity index (χ0n) is 68.1. The molecule has 3 N–H and O–H groups in total. The smallest absolute Gasteiger partial charge is 0.241 e. The fourth-order valence-electron chi connectivity index (χ4n) is 18.3. The second-order valence-electron chi connectivity index (χ2n) is 35.4. The number of anilines is 3. The number of nitrogens with one attached hydrogen (secondary N) is 3. The largest absolute Gasteiger partial charge is 0.378 e. The normalized spacial score (nSPS) is 26.5. The van der Waals surface area contributed by atoms with Gasteiger partial charge >= 0.3 is 0 Å². The number of carbonyl (C=O) groups excluding carboxylic acids is 3. The second-order valence-corrected chi connectivity index (χ2v) is 35.4. The molecule has 15 rings (SSSR count). The lowest BCUT2D eigenvalue weighted by molar-refractivity contribution is -0.122. The van der Waals surface area contributed by atoms with Crippen LogP contribution in [0, 0.1) is 28.8 Å². The van der Waals surface area contributed by atoms with Gasteiger partial charge in [0.1, 0.15) is 24.1 Å². The zero-order chi connectivity index (χ0) is 80.0. The summed E-state index contributed by atoms with van der Waals surface area (Å²) in [6, 6.07) is 30.4. The highest BCUT2D eigenvalue weighted by Crippen LogP contribution is 2.43. The zero-order valence-corrected chi connectivity index (χ0v) is 68.1. The highest BCUT2D eigenvalue weighted by molar-refractivity contribution is 5.99. The van der Waals surface area contributed by atoms with Gasteiger partial charge in [0.05, 0.1) is 79.7 Å². The molecule has 0 spiro atoms. The SMILES string of the molecule is C[C@@H]1CN(CC(=O)N2CC(C)(C)c3ncc(Cc4ccc(F)cc4)cc32)[C@@H](CN2CCC[C@H]2CF)CN1.C[C@@H]1CN(CC(=O)N2CC(C)(C)c3ncc(Cc4ccc(F)cc4)cc32)[C@@H](CN2CCOC(C#N)C2)CN1.C[C@@H]1CN(CC(=O)N2CC(C)(C)c3ncc(Cc4ccc(F)cc4)cc32)[C@@H](CN2[C@H](C)COC[C@H]2C)CN1. The van der Waals surface area contributed by atoms with E-state index in [-0.39, 0.29) is 82.3 Å². The molecule has 25 heteroatoms. The van der Waals surface area contributed by atoms with Crippen LogP contribution in [-0.2, 0) is 59.4 Å². The summed E-state index contributed by atoms with van der Waals surface area (Å²) in [5, 5.41) is 20.0. The van der Waals surface area contributed by atoms with Crippen LogP contribution < -0.4 is 30.7 Å². The summed E-state index contributed by atoms with van der Waals surface area (Å²) in [6.45, 7) is 38.1. The molecule has 113 heavy (non-hydrogen) atoms. The Labute approximate surface area is 666 Å². The van der Waals surface area contributed by atoms with Gasteiger partial charge in [0, 0.05) is 181 Å². The summed E-state index contributed by atoms with van der Waals surface area (Å²) in [7, 11) is 0. The van der Waals surface area contributed by atoms with Crippen LogP contribution >= 0.6 is 0 Å². The van der Waals surface area contributed by atoms with Crippen LogP contribution in [0.5, 0.6) is 0 Å². The fraction of sp³-hybridized carbons (Fsp3) is 0.580. The molecule has 0 radical (unpaired) electrons. The Kier molecular flexibility index (Phi) is 26.7. The van der Waals surface area contributed by atoms with E-state index in [1.54, 1.807) is 36.4 Å². The minimum absolute atomic E-state index is 0.00811. The Balaban J connectivity index is 0.000000148. The van der Waals surface area contributed by atoms with Gasteiger partial charge in [-0.05, 0) is 161 Å². The van der Waals surface area contributed by atoms with Gasteiger partial charge in [-0.15, -0.1) is 0 Å². The summed E-state index contributed by atoms with van der Waals surface area (Å²) >= 11 is 0. The summed E-state index contributed by atoms with van der Waals surface area (Å²) < 4.78 is 64.8. The van der Waals surface area contributed by atoms with E-state index in [0.717, 1.165) is 166 Å². The number of nitriles is 1. The standard InChI is InChI=1S/C30H42FN5O2.C29H39F2N5O.C29H37FN6O2/c1-20-14-34(26(13-32-20)15-35-21(2)17-38-18-22(35)3)16-28(37)36-19-30(4,5)29-27(36)11-24(12-33-29)10-23-6-8-25(31)9-7-23;1-20-16-35(25(15-32-20)17-34-10-4-5-24(34)13-30)18-27(37)36-19-29(2,3)28-26(36)12-22(14-33-28)11-21-6-8-23(31)9-7-21;1-20-15-35(24(14-32-20)16-34-8-9-38-25(12-31)17-34)18-27(37)36-19-29(2,3)28-26(36)11-22(13-33-28)10-21-4-6-23(30)7-5-21/h6-9,11-12,20-22,26,32H,10,13-19H2,1-5H3;6-9,12,14,20,24-25,32H,4-5,10-11,13,15-19H2,1-3H3;4-7,11,13,20,24-25,32H,8-10,14-19H2,1-3H3/t20-,21-,22-,26-;20-,24+,25-;20-,24-,25?/m111/s1. The quantitative estimate of drug-likeness (QED) is 0.0649. The average molecular weight is 1560 g/mol. The van der Waals surface area contributed by atoms with Crippen LogP contribution in [0.25, 0.3) is 0 Å². The molecule has 608 valence electrons. The lowest BCUT2D eigenvalue weighted by atomic mass is 9.91. The van der Waals surface area contributed by atoms with Crippen LogP contribution in [0.3, 0.4) is 0 Å². The van der Waals surface area contributed by atoms with Gasteiger partial charge in [-0.1, -0.05) is 77.9 Å². The number of hydrogen-bond donors (Lipinski definition) is 3. The fourth-order valence-corrected chi connectivity index (χ4v) is 18.3. The molecule has 0 aliphatic carbocycles. The molecule has 3 aromatic heterocycles. The third-order valence-electron chi connectivity index (χ3n) is 24.4. The third-order valence-corrected chi connectivity index (χ3v) is 24.4. The summed E-state index contributed by atoms with van der Waals surface area (Å²) in [4.78, 5) is 75.7. The van der Waals surface area contributed by atoms with E-state index < -0.39 is 6.10 Å². The number of morpholine rings is 2. The maximum Gasteiger partial charge on any atom is 0.241 e. The first-order valence-corrected chi connectivity index (χ1v) is 41.0. The molecule has 3 aromatic carbocycles. The van der Waals surface area contributed by atoms with Crippen LogP contribution in [-0.4, -0.2) is 267 Å². The maximum atomic E-state index is 13.9. The maximum absolute atomic E-state index is 13.9. The number of amides is 3. The van der Waals surface area contributed by atoms with Crippen molar-refractivity contribution in [2.75, 3.05) is 159 Å². The number of piperazine rings is 3. The van der Waals surface area contributed by atoms with Crippen LogP contribution in [0.2, 0.25) is 0 Å². The highest BCUT2D eigenvalue weighted by atomic mass is 19.1. The molecule has 9 aliphatic rings. The van der Waals surface area contributed by atoms with E-state index in [2.05, 4.69) is 146 Å². The van der Waals surface area contributed by atoms with E-state index in [9.17, 15) is 37.2 Å². The van der Waals surface area contributed by atoms with Gasteiger partial charge in [0.15, 0.2) is 6.10 Å². The monoisotopic (exact) mass is 1550 g/mol. The van der Waals surface area contributed by atoms with Crippen molar-refractivity contribution < 1.29 is 41.4 Å². The van der Waals surface area contributed by atoms with Gasteiger partial charge in [-0.2, -0.15) is 5.26 Å². The van der Waals surface area contributed by atoms with E-state index in [1.807, 2.05) is 33.3 Å². The van der Waals surface area contributed by atoms with Gasteiger partial charge in [0.25, 0.3) is 0 Å². The molecule has 0 saturated carbocycles. The van der Waals surface area contributed by atoms with Gasteiger partial charge in [0.2, 0.25) is 17.7 Å². The number of pyridine rings is 3. The lowest BCUT2D eigenvalue weighted by Gasteiger charge is -2.46. The Hall–Kier alpha value is -7.71. The van der Waals surface area contributed by atoms with Crippen molar-refractivity contribution in [2.45, 2.75) is 185 Å². The molecule has 12 heterocycles. The Morgan fingerprint density at radius 2 is 0.867 bits per heavy atom. The van der Waals surface area contributed by atoms with Crippen molar-refractivity contribution in [3.8, 4) is 6.07 Å². The van der Waals surface area contributed by atoms with Crippen LogP contribution in [0.15, 0.2) is 110 Å². The van der Waals surface area contributed by atoms with E-state index >= 15 is 0 Å². The summed E-state index contributed by atoms with van der Waals surface area (Å²) in [5.74, 6) is -0.459. The van der Waals surface area contributed by atoms with Crippen molar-refractivity contribution in [2.24, 2.45) is 0 Å². The second kappa shape index (κ2) is 36.2. The molecule has 10 atom stereocenters. The first kappa shape index (κ1) is 83.2. The summed E-state index contributed by atoms with van der Waals surface area (Å²) in [5.41, 5.74) is 10.9. The minimum Gasteiger partial charge on any atom is -0.378 e. The molecule has 6 fully saturated rings. The molecular weight excluding hydrogens is 1440 g/mol. The Bertz CT molecular complexity index is 4290. The number of nitrogens with zero attached hydrogens (tertiary/aromatic N) is 13. The Morgan fingerprint density at radius 3 is 1.24 bits per heavy atom. The number of likely N-dealkylation sites (tertiary alicyclic amines) is 1. The molecule has 1 unspecified atom stereocenters. The van der Waals surface area contributed by atoms with Gasteiger partial charge in [-0.3, -0.25) is 58.7 Å². The van der Waals surface area contributed by atoms with E-state index in [1.165, 1.54) is 36.4 Å². The number of carbonyl (C=O) groups is 3. The molecule has 0 bridgehead atoms. The van der Waals surface area contributed by atoms with Gasteiger partial charge in [-0.25, -0.2) is 17.6 Å². The van der Waals surface area contributed by atoms with Crippen LogP contribution in [0.1, 0.15) is 139 Å². The van der Waals surface area contributed by atoms with Crippen molar-refractivity contribution in [1.29, 1.82) is 5.26 Å². The van der Waals surface area contributed by atoms with E-state index in [4.69, 9.17) is 24.4 Å². The first-order chi connectivity index (χ1) is 54.0. The Morgan fingerprint density at radius 1 is 0.496 bits per heavy atom. The predicted octanol–water partition coefficient (Wildman–Crippen LogP) is 9.06. The minimum atomic E-state index is -0.394. The number of ether oxygens (including phenoxy) is 2. The topological polar surface area (TPSA) is 197 Å². The molecule has 9 aliphatic heterocycles. The molecule has 6 aromatic rings. The molecule has 6 saturated heterocycles. The number of fused-ring (bicyclic) bond motifs is 3. The number of benzene rings is 3. The molecular formula is C88H118F4N16O5. The number of halogens is 4. The molecule has 21 nitrogen and oxygen atoms in total. The van der Waals surface area contributed by atoms with E-state index in [0.29, 0.717) is 102 Å². The number of alkyl halides is 1. The van der Waals surface area contributed by atoms with Crippen molar-refractivity contribution in [3.63, 3.8) is 0 Å². The average Bonchev–Trinajstić information content (AvgIpc) is 1.62.